The van der Waals surface area contributed by atoms with E-state index in [0.717, 1.165) is 24.4 Å². The predicted octanol–water partition coefficient (Wildman–Crippen LogP) is 2.25. The van der Waals surface area contributed by atoms with Crippen LogP contribution in [0.1, 0.15) is 20.3 Å². The molecule has 2 N–H and O–H groups in total. The zero-order chi connectivity index (χ0) is 11.6. The fraction of sp³-hybridized carbons (Fsp3) is 0.538. The molecule has 1 aliphatic rings. The van der Waals surface area contributed by atoms with Crippen molar-refractivity contribution in [3.63, 3.8) is 0 Å². The lowest BCUT2D eigenvalue weighted by Crippen LogP contribution is -2.31. The first kappa shape index (κ1) is 11.3. The lowest BCUT2D eigenvalue weighted by Gasteiger charge is -2.18. The van der Waals surface area contributed by atoms with Crippen molar-refractivity contribution in [3.8, 4) is 5.75 Å². The molecule has 88 valence electrons. The highest BCUT2D eigenvalue weighted by atomic mass is 16.5. The molecule has 1 aromatic rings. The maximum Gasteiger partial charge on any atom is 0.120 e. The van der Waals surface area contributed by atoms with Gasteiger partial charge in [0, 0.05) is 29.9 Å². The van der Waals surface area contributed by atoms with Crippen LogP contribution in [0.5, 0.6) is 5.75 Å². The zero-order valence-electron chi connectivity index (χ0n) is 10.2. The summed E-state index contributed by atoms with van der Waals surface area (Å²) in [5.41, 5.74) is 1.38. The zero-order valence-corrected chi connectivity index (χ0v) is 10.2. The van der Waals surface area contributed by atoms with Crippen LogP contribution in [0, 0.1) is 0 Å². The summed E-state index contributed by atoms with van der Waals surface area (Å²) >= 11 is 0. The van der Waals surface area contributed by atoms with E-state index in [4.69, 9.17) is 4.74 Å². The quantitative estimate of drug-likeness (QED) is 0.819. The minimum absolute atomic E-state index is 0.247. The average molecular weight is 220 g/mol. The maximum absolute atomic E-state index is 5.20. The molecule has 0 amide bonds. The number of hydrogen-bond donors (Lipinski definition) is 2. The van der Waals surface area contributed by atoms with Crippen LogP contribution in [0.2, 0.25) is 0 Å². The van der Waals surface area contributed by atoms with Gasteiger partial charge in [0.2, 0.25) is 0 Å². The van der Waals surface area contributed by atoms with Crippen molar-refractivity contribution >= 4 is 5.69 Å². The van der Waals surface area contributed by atoms with E-state index < -0.39 is 0 Å². The molecule has 16 heavy (non-hydrogen) atoms. The van der Waals surface area contributed by atoms with Gasteiger partial charge in [0.05, 0.1) is 7.11 Å². The number of hydrogen-bond acceptors (Lipinski definition) is 3. The van der Waals surface area contributed by atoms with Crippen molar-refractivity contribution in [2.24, 2.45) is 0 Å². The molecular formula is C13H20N2O. The topological polar surface area (TPSA) is 33.3 Å². The number of anilines is 1. The molecule has 3 heteroatoms. The molecule has 2 rings (SSSR count). The van der Waals surface area contributed by atoms with Gasteiger partial charge in [-0.1, -0.05) is 6.07 Å². The van der Waals surface area contributed by atoms with E-state index in [1.54, 1.807) is 7.11 Å². The monoisotopic (exact) mass is 220 g/mol. The first-order chi connectivity index (χ1) is 7.59. The smallest absolute Gasteiger partial charge is 0.120 e. The van der Waals surface area contributed by atoms with E-state index in [1.165, 1.54) is 0 Å². The highest BCUT2D eigenvalue weighted by Crippen LogP contribution is 2.23. The molecule has 0 aliphatic carbocycles. The van der Waals surface area contributed by atoms with Gasteiger partial charge in [0.15, 0.2) is 0 Å². The normalized spacial score (nSPS) is 23.1. The van der Waals surface area contributed by atoms with Gasteiger partial charge in [-0.3, -0.25) is 0 Å². The van der Waals surface area contributed by atoms with Gasteiger partial charge >= 0.3 is 0 Å². The number of nitrogens with one attached hydrogen (secondary N) is 2. The number of ether oxygens (including phenoxy) is 1. The second-order valence-electron chi connectivity index (χ2n) is 5.04. The van der Waals surface area contributed by atoms with Gasteiger partial charge in [-0.2, -0.15) is 0 Å². The van der Waals surface area contributed by atoms with Crippen LogP contribution in [0.3, 0.4) is 0 Å². The molecule has 0 aromatic heterocycles. The van der Waals surface area contributed by atoms with Gasteiger partial charge in [0.1, 0.15) is 5.75 Å². The highest BCUT2D eigenvalue weighted by molar-refractivity contribution is 5.49. The van der Waals surface area contributed by atoms with Crippen molar-refractivity contribution in [1.82, 2.24) is 5.32 Å². The molecule has 1 aliphatic heterocycles. The molecule has 1 saturated heterocycles. The van der Waals surface area contributed by atoms with Crippen LogP contribution in [-0.2, 0) is 0 Å². The molecule has 3 nitrogen and oxygen atoms in total. The first-order valence-corrected chi connectivity index (χ1v) is 5.75. The largest absolute Gasteiger partial charge is 0.497 e. The SMILES string of the molecule is COc1cccc(NC2CNC(C)(C)C2)c1. The number of methoxy groups -OCH3 is 1. The lowest BCUT2D eigenvalue weighted by atomic mass is 10.0. The van der Waals surface area contributed by atoms with Gasteiger partial charge < -0.3 is 15.4 Å². The molecular weight excluding hydrogens is 200 g/mol. The second kappa shape index (κ2) is 4.34. The summed E-state index contributed by atoms with van der Waals surface area (Å²) in [4.78, 5) is 0. The highest BCUT2D eigenvalue weighted by Gasteiger charge is 2.29. The van der Waals surface area contributed by atoms with Crippen LogP contribution >= 0.6 is 0 Å². The molecule has 0 bridgehead atoms. The number of benzene rings is 1. The van der Waals surface area contributed by atoms with E-state index in [2.05, 4.69) is 30.5 Å². The van der Waals surface area contributed by atoms with Crippen LogP contribution in [0.15, 0.2) is 24.3 Å². The van der Waals surface area contributed by atoms with E-state index >= 15 is 0 Å². The Labute approximate surface area is 97.2 Å². The summed E-state index contributed by atoms with van der Waals surface area (Å²) in [6.45, 7) is 5.49. The van der Waals surface area contributed by atoms with E-state index in [0.29, 0.717) is 6.04 Å². The van der Waals surface area contributed by atoms with Crippen molar-refractivity contribution in [1.29, 1.82) is 0 Å². The van der Waals surface area contributed by atoms with Gasteiger partial charge in [-0.25, -0.2) is 0 Å². The molecule has 1 aromatic carbocycles. The second-order valence-corrected chi connectivity index (χ2v) is 5.04. The van der Waals surface area contributed by atoms with Crippen LogP contribution in [0.4, 0.5) is 5.69 Å². The molecule has 0 saturated carbocycles. The minimum atomic E-state index is 0.247. The molecule has 1 unspecified atom stereocenters. The molecule has 0 spiro atoms. The third-order valence-corrected chi connectivity index (χ3v) is 3.02. The Morgan fingerprint density at radius 3 is 2.88 bits per heavy atom. The fourth-order valence-corrected chi connectivity index (χ4v) is 2.21. The number of rotatable bonds is 3. The van der Waals surface area contributed by atoms with Gasteiger partial charge in [-0.15, -0.1) is 0 Å². The predicted molar refractivity (Wildman–Crippen MR) is 67.1 cm³/mol. The van der Waals surface area contributed by atoms with Crippen LogP contribution in [-0.4, -0.2) is 25.2 Å². The van der Waals surface area contributed by atoms with E-state index in [-0.39, 0.29) is 5.54 Å². The Morgan fingerprint density at radius 1 is 1.44 bits per heavy atom. The van der Waals surface area contributed by atoms with Gasteiger partial charge in [0.25, 0.3) is 0 Å². The summed E-state index contributed by atoms with van der Waals surface area (Å²) in [7, 11) is 1.69. The van der Waals surface area contributed by atoms with Crippen molar-refractivity contribution in [2.45, 2.75) is 31.8 Å². The fourth-order valence-electron chi connectivity index (χ4n) is 2.21. The third kappa shape index (κ3) is 2.67. The maximum atomic E-state index is 5.20. The Kier molecular flexibility index (Phi) is 3.06. The first-order valence-electron chi connectivity index (χ1n) is 5.75. The Balaban J connectivity index is 1.99. The summed E-state index contributed by atoms with van der Waals surface area (Å²) in [5, 5.41) is 7.03. The Morgan fingerprint density at radius 2 is 2.25 bits per heavy atom. The van der Waals surface area contributed by atoms with E-state index in [9.17, 15) is 0 Å². The third-order valence-electron chi connectivity index (χ3n) is 3.02. The van der Waals surface area contributed by atoms with Crippen LogP contribution in [0.25, 0.3) is 0 Å². The summed E-state index contributed by atoms with van der Waals surface area (Å²) < 4.78 is 5.20. The Hall–Kier alpha value is -1.22. The van der Waals surface area contributed by atoms with Crippen molar-refractivity contribution < 1.29 is 4.74 Å². The standard InChI is InChI=1S/C13H20N2O/c1-13(2)8-11(9-14-13)15-10-5-4-6-12(7-10)16-3/h4-7,11,14-15H,8-9H2,1-3H3. The molecule has 0 radical (unpaired) electrons. The average Bonchev–Trinajstić information content (AvgIpc) is 2.58. The molecule has 1 atom stereocenters. The van der Waals surface area contributed by atoms with E-state index in [1.807, 2.05) is 18.2 Å². The lowest BCUT2D eigenvalue weighted by molar-refractivity contribution is 0.415. The molecule has 1 fully saturated rings. The Bertz CT molecular complexity index is 363. The van der Waals surface area contributed by atoms with Crippen molar-refractivity contribution in [3.05, 3.63) is 24.3 Å². The molecule has 1 heterocycles. The summed E-state index contributed by atoms with van der Waals surface area (Å²) in [5.74, 6) is 0.898. The van der Waals surface area contributed by atoms with Gasteiger partial charge in [-0.05, 0) is 32.4 Å². The van der Waals surface area contributed by atoms with Crippen molar-refractivity contribution in [2.75, 3.05) is 19.0 Å². The summed E-state index contributed by atoms with van der Waals surface area (Å²) in [6, 6.07) is 8.58. The summed E-state index contributed by atoms with van der Waals surface area (Å²) in [6.07, 6.45) is 1.14. The van der Waals surface area contributed by atoms with Crippen LogP contribution < -0.4 is 15.4 Å². The minimum Gasteiger partial charge on any atom is -0.497 e.